The Hall–Kier alpha value is -2.60. The van der Waals surface area contributed by atoms with Gasteiger partial charge in [-0.3, -0.25) is 4.72 Å². The number of aromatic nitrogens is 2. The molecule has 0 saturated heterocycles. The van der Waals surface area contributed by atoms with E-state index in [2.05, 4.69) is 23.7 Å². The van der Waals surface area contributed by atoms with E-state index in [4.69, 9.17) is 0 Å². The number of nitrogens with one attached hydrogen (secondary N) is 1. The Morgan fingerprint density at radius 2 is 1.72 bits per heavy atom. The lowest BCUT2D eigenvalue weighted by atomic mass is 9.99. The van der Waals surface area contributed by atoms with Gasteiger partial charge in [0, 0.05) is 12.3 Å². The molecule has 130 valence electrons. The first kappa shape index (κ1) is 17.2. The van der Waals surface area contributed by atoms with Gasteiger partial charge in [0.25, 0.3) is 10.0 Å². The fourth-order valence-corrected chi connectivity index (χ4v) is 3.51. The van der Waals surface area contributed by atoms with Crippen LogP contribution >= 0.6 is 0 Å². The molecule has 2 aromatic carbocycles. The average Bonchev–Trinajstić information content (AvgIpc) is 3.09. The number of sulfonamides is 1. The van der Waals surface area contributed by atoms with Crippen molar-refractivity contribution in [2.45, 2.75) is 31.1 Å². The van der Waals surface area contributed by atoms with E-state index in [9.17, 15) is 8.42 Å². The summed E-state index contributed by atoms with van der Waals surface area (Å²) in [7, 11) is -3.66. The van der Waals surface area contributed by atoms with Gasteiger partial charge in [-0.05, 0) is 42.2 Å². The summed E-state index contributed by atoms with van der Waals surface area (Å²) in [5.74, 6) is 0.696. The van der Waals surface area contributed by atoms with E-state index in [1.165, 1.54) is 0 Å². The second-order valence-electron chi connectivity index (χ2n) is 5.96. The van der Waals surface area contributed by atoms with Gasteiger partial charge in [0.15, 0.2) is 5.82 Å². The molecular weight excluding hydrogens is 334 g/mol. The average molecular weight is 355 g/mol. The lowest BCUT2D eigenvalue weighted by molar-refractivity contribution is 0.600. The third-order valence-corrected chi connectivity index (χ3v) is 5.59. The molecule has 1 N–H and O–H groups in total. The van der Waals surface area contributed by atoms with Crippen LogP contribution in [0.1, 0.15) is 31.7 Å². The summed E-state index contributed by atoms with van der Waals surface area (Å²) in [6.07, 6.45) is 2.74. The van der Waals surface area contributed by atoms with Gasteiger partial charge in [0.2, 0.25) is 0 Å². The minimum absolute atomic E-state index is 0.230. The molecule has 0 aliphatic heterocycles. The number of hydrogen-bond donors (Lipinski definition) is 1. The summed E-state index contributed by atoms with van der Waals surface area (Å²) in [6, 6.07) is 18.2. The van der Waals surface area contributed by atoms with Gasteiger partial charge in [-0.25, -0.2) is 13.1 Å². The Kier molecular flexibility index (Phi) is 4.90. The van der Waals surface area contributed by atoms with Gasteiger partial charge in [-0.15, -0.1) is 5.10 Å². The molecule has 5 nitrogen and oxygen atoms in total. The standard InChI is InChI=1S/C19H21N3O2S/c1-3-15(2)16-9-11-18(12-10-16)25(23,24)21-19-13-14-22(20-19)17-7-5-4-6-8-17/h4-15H,3H2,1-2H3,(H,20,21)/t15-/m0/s1. The van der Waals surface area contributed by atoms with Crippen molar-refractivity contribution in [2.75, 3.05) is 4.72 Å². The van der Waals surface area contributed by atoms with E-state index in [0.717, 1.165) is 17.7 Å². The van der Waals surface area contributed by atoms with E-state index in [1.807, 2.05) is 42.5 Å². The largest absolute Gasteiger partial charge is 0.263 e. The Morgan fingerprint density at radius 1 is 1.04 bits per heavy atom. The molecule has 0 unspecified atom stereocenters. The fourth-order valence-electron chi connectivity index (χ4n) is 2.51. The van der Waals surface area contributed by atoms with Crippen LogP contribution < -0.4 is 4.72 Å². The van der Waals surface area contributed by atoms with Crippen LogP contribution in [0.4, 0.5) is 5.82 Å². The fraction of sp³-hybridized carbons (Fsp3) is 0.211. The number of benzene rings is 2. The summed E-state index contributed by atoms with van der Waals surface area (Å²) in [5.41, 5.74) is 2.00. The molecule has 0 aliphatic carbocycles. The zero-order valence-electron chi connectivity index (χ0n) is 14.3. The summed E-state index contributed by atoms with van der Waals surface area (Å²) in [5, 5.41) is 4.28. The molecule has 1 heterocycles. The molecule has 25 heavy (non-hydrogen) atoms. The Balaban J connectivity index is 1.79. The van der Waals surface area contributed by atoms with Crippen LogP contribution in [0.2, 0.25) is 0 Å². The molecule has 1 atom stereocenters. The third kappa shape index (κ3) is 3.91. The molecule has 0 fully saturated rings. The molecule has 3 rings (SSSR count). The molecular formula is C19H21N3O2S. The smallest absolute Gasteiger partial charge is 0.262 e. The van der Waals surface area contributed by atoms with Gasteiger partial charge in [-0.1, -0.05) is 44.2 Å². The van der Waals surface area contributed by atoms with Crippen molar-refractivity contribution in [2.24, 2.45) is 0 Å². The number of rotatable bonds is 6. The Morgan fingerprint density at radius 3 is 2.36 bits per heavy atom. The maximum Gasteiger partial charge on any atom is 0.263 e. The van der Waals surface area contributed by atoms with Gasteiger partial charge < -0.3 is 0 Å². The highest BCUT2D eigenvalue weighted by atomic mass is 32.2. The maximum absolute atomic E-state index is 12.5. The zero-order chi connectivity index (χ0) is 17.9. The van der Waals surface area contributed by atoms with Crippen molar-refractivity contribution < 1.29 is 8.42 Å². The van der Waals surface area contributed by atoms with E-state index in [-0.39, 0.29) is 10.7 Å². The SMILES string of the molecule is CC[C@H](C)c1ccc(S(=O)(=O)Nc2ccn(-c3ccccc3)n2)cc1. The van der Waals surface area contributed by atoms with Crippen LogP contribution in [-0.4, -0.2) is 18.2 Å². The summed E-state index contributed by atoms with van der Waals surface area (Å²) in [4.78, 5) is 0.230. The topological polar surface area (TPSA) is 64.0 Å². The molecule has 6 heteroatoms. The van der Waals surface area contributed by atoms with Crippen molar-refractivity contribution in [1.29, 1.82) is 0 Å². The minimum atomic E-state index is -3.66. The lowest BCUT2D eigenvalue weighted by Crippen LogP contribution is -2.13. The second-order valence-corrected chi connectivity index (χ2v) is 7.65. The monoisotopic (exact) mass is 355 g/mol. The van der Waals surface area contributed by atoms with Crippen LogP contribution in [0.15, 0.2) is 71.8 Å². The lowest BCUT2D eigenvalue weighted by Gasteiger charge is -2.10. The van der Waals surface area contributed by atoms with Crippen LogP contribution in [-0.2, 0) is 10.0 Å². The molecule has 1 aromatic heterocycles. The molecule has 0 saturated carbocycles. The first-order chi connectivity index (χ1) is 12.0. The normalized spacial score (nSPS) is 12.7. The van der Waals surface area contributed by atoms with E-state index < -0.39 is 10.0 Å². The van der Waals surface area contributed by atoms with E-state index in [0.29, 0.717) is 5.92 Å². The molecule has 0 radical (unpaired) electrons. The highest BCUT2D eigenvalue weighted by Crippen LogP contribution is 2.21. The maximum atomic E-state index is 12.5. The summed E-state index contributed by atoms with van der Waals surface area (Å²) >= 11 is 0. The summed E-state index contributed by atoms with van der Waals surface area (Å²) < 4.78 is 29.2. The Labute approximate surface area is 148 Å². The summed E-state index contributed by atoms with van der Waals surface area (Å²) in [6.45, 7) is 4.23. The van der Waals surface area contributed by atoms with E-state index >= 15 is 0 Å². The predicted octanol–water partition coefficient (Wildman–Crippen LogP) is 4.19. The first-order valence-electron chi connectivity index (χ1n) is 8.23. The van der Waals surface area contributed by atoms with Crippen molar-refractivity contribution >= 4 is 15.8 Å². The number of anilines is 1. The van der Waals surface area contributed by atoms with Crippen molar-refractivity contribution in [3.05, 3.63) is 72.4 Å². The van der Waals surface area contributed by atoms with Crippen molar-refractivity contribution in [1.82, 2.24) is 9.78 Å². The number of para-hydroxylation sites is 1. The zero-order valence-corrected chi connectivity index (χ0v) is 15.1. The van der Waals surface area contributed by atoms with Gasteiger partial charge in [0.05, 0.1) is 10.6 Å². The Bertz CT molecular complexity index is 932. The predicted molar refractivity (Wildman–Crippen MR) is 99.5 cm³/mol. The highest BCUT2D eigenvalue weighted by Gasteiger charge is 2.16. The van der Waals surface area contributed by atoms with E-state index in [1.54, 1.807) is 29.1 Å². The van der Waals surface area contributed by atoms with Crippen molar-refractivity contribution in [3.63, 3.8) is 0 Å². The number of hydrogen-bond acceptors (Lipinski definition) is 3. The first-order valence-corrected chi connectivity index (χ1v) is 9.72. The van der Waals surface area contributed by atoms with Crippen molar-refractivity contribution in [3.8, 4) is 5.69 Å². The highest BCUT2D eigenvalue weighted by molar-refractivity contribution is 7.92. The van der Waals surface area contributed by atoms with Gasteiger partial charge in [0.1, 0.15) is 0 Å². The third-order valence-electron chi connectivity index (χ3n) is 4.22. The van der Waals surface area contributed by atoms with Crippen LogP contribution in [0.3, 0.4) is 0 Å². The number of nitrogens with zero attached hydrogens (tertiary/aromatic N) is 2. The second kappa shape index (κ2) is 7.11. The van der Waals surface area contributed by atoms with Gasteiger partial charge in [-0.2, -0.15) is 0 Å². The molecule has 0 amide bonds. The quantitative estimate of drug-likeness (QED) is 0.721. The molecule has 0 spiro atoms. The molecule has 3 aromatic rings. The molecule has 0 bridgehead atoms. The van der Waals surface area contributed by atoms with Gasteiger partial charge >= 0.3 is 0 Å². The van der Waals surface area contributed by atoms with Crippen LogP contribution in [0, 0.1) is 0 Å². The van der Waals surface area contributed by atoms with Crippen LogP contribution in [0.5, 0.6) is 0 Å². The molecule has 0 aliphatic rings. The minimum Gasteiger partial charge on any atom is -0.262 e. The van der Waals surface area contributed by atoms with Crippen LogP contribution in [0.25, 0.3) is 5.69 Å².